The lowest BCUT2D eigenvalue weighted by Gasteiger charge is -2.18. The zero-order chi connectivity index (χ0) is 19.3. The first-order valence-corrected chi connectivity index (χ1v) is 9.84. The van der Waals surface area contributed by atoms with Gasteiger partial charge in [0.05, 0.1) is 23.9 Å². The second kappa shape index (κ2) is 8.09. The number of sulfonamides is 1. The van der Waals surface area contributed by atoms with Gasteiger partial charge in [-0.25, -0.2) is 13.4 Å². The Morgan fingerprint density at radius 2 is 1.70 bits per heavy atom. The molecule has 3 aromatic rings. The van der Waals surface area contributed by atoms with Gasteiger partial charge in [-0.3, -0.25) is 4.72 Å². The zero-order valence-corrected chi connectivity index (χ0v) is 16.0. The number of hydrogen-bond donors (Lipinski definition) is 1. The molecule has 1 heterocycles. The summed E-state index contributed by atoms with van der Waals surface area (Å²) in [6.45, 7) is 0.713. The summed E-state index contributed by atoms with van der Waals surface area (Å²) in [6.07, 6.45) is 1.51. The van der Waals surface area contributed by atoms with Crippen LogP contribution in [-0.4, -0.2) is 27.6 Å². The monoisotopic (exact) mass is 383 g/mol. The van der Waals surface area contributed by atoms with Crippen LogP contribution in [0.3, 0.4) is 0 Å². The molecule has 6 nitrogen and oxygen atoms in total. The van der Waals surface area contributed by atoms with E-state index in [1.165, 1.54) is 31.0 Å². The number of nitrogens with one attached hydrogen (secondary N) is 1. The summed E-state index contributed by atoms with van der Waals surface area (Å²) >= 11 is 0. The molecular weight excluding hydrogens is 362 g/mol. The molecule has 2 aromatic carbocycles. The van der Waals surface area contributed by atoms with E-state index in [0.29, 0.717) is 18.0 Å². The molecule has 27 heavy (non-hydrogen) atoms. The Morgan fingerprint density at radius 1 is 1.00 bits per heavy atom. The van der Waals surface area contributed by atoms with E-state index in [1.807, 2.05) is 42.3 Å². The standard InChI is InChI=1S/C20H21N3O3S/c1-23(15-16-6-4-3-5-7-16)20-13-8-17(14-21-20)22-27(24,25)19-11-9-18(26-2)10-12-19/h3-14,22H,15H2,1-2H3. The first-order valence-electron chi connectivity index (χ1n) is 8.36. The quantitative estimate of drug-likeness (QED) is 0.676. The fourth-order valence-corrected chi connectivity index (χ4v) is 3.62. The minimum atomic E-state index is -3.68. The van der Waals surface area contributed by atoms with Gasteiger partial charge in [0.1, 0.15) is 11.6 Å². The minimum absolute atomic E-state index is 0.161. The molecule has 7 heteroatoms. The van der Waals surface area contributed by atoms with Crippen LogP contribution in [0.4, 0.5) is 11.5 Å². The Labute approximate surface area is 159 Å². The molecular formula is C20H21N3O3S. The van der Waals surface area contributed by atoms with Crippen LogP contribution in [0.2, 0.25) is 0 Å². The van der Waals surface area contributed by atoms with Crippen molar-refractivity contribution in [3.8, 4) is 5.75 Å². The molecule has 0 fully saturated rings. The van der Waals surface area contributed by atoms with Crippen molar-refractivity contribution in [3.63, 3.8) is 0 Å². The topological polar surface area (TPSA) is 71.5 Å². The lowest BCUT2D eigenvalue weighted by atomic mass is 10.2. The molecule has 0 atom stereocenters. The van der Waals surface area contributed by atoms with Gasteiger partial charge in [-0.15, -0.1) is 0 Å². The number of ether oxygens (including phenoxy) is 1. The predicted molar refractivity (Wildman–Crippen MR) is 107 cm³/mol. The van der Waals surface area contributed by atoms with E-state index in [-0.39, 0.29) is 4.90 Å². The molecule has 140 valence electrons. The highest BCUT2D eigenvalue weighted by atomic mass is 32.2. The molecule has 0 bridgehead atoms. The first-order chi connectivity index (χ1) is 13.0. The van der Waals surface area contributed by atoms with E-state index in [1.54, 1.807) is 24.3 Å². The van der Waals surface area contributed by atoms with Crippen molar-refractivity contribution in [1.82, 2.24) is 4.98 Å². The van der Waals surface area contributed by atoms with Gasteiger partial charge in [-0.05, 0) is 42.0 Å². The molecule has 0 radical (unpaired) electrons. The largest absolute Gasteiger partial charge is 0.497 e. The van der Waals surface area contributed by atoms with Crippen molar-refractivity contribution in [2.75, 3.05) is 23.8 Å². The van der Waals surface area contributed by atoms with E-state index in [9.17, 15) is 8.42 Å². The normalized spacial score (nSPS) is 11.0. The lowest BCUT2D eigenvalue weighted by Crippen LogP contribution is -2.18. The Bertz CT molecular complexity index is 973. The number of benzene rings is 2. The maximum atomic E-state index is 12.5. The van der Waals surface area contributed by atoms with Crippen LogP contribution in [0.25, 0.3) is 0 Å². The summed E-state index contributed by atoms with van der Waals surface area (Å²) in [5.74, 6) is 1.35. The number of pyridine rings is 1. The summed E-state index contributed by atoms with van der Waals surface area (Å²) in [6, 6.07) is 19.8. The predicted octanol–water partition coefficient (Wildman–Crippen LogP) is 3.53. The van der Waals surface area contributed by atoms with E-state index >= 15 is 0 Å². The third kappa shape index (κ3) is 4.77. The number of aromatic nitrogens is 1. The Hall–Kier alpha value is -3.06. The molecule has 0 amide bonds. The molecule has 0 spiro atoms. The van der Waals surface area contributed by atoms with Gasteiger partial charge in [0.15, 0.2) is 0 Å². The van der Waals surface area contributed by atoms with Gasteiger partial charge >= 0.3 is 0 Å². The fourth-order valence-electron chi connectivity index (χ4n) is 2.58. The Balaban J connectivity index is 1.69. The number of nitrogens with zero attached hydrogens (tertiary/aromatic N) is 2. The molecule has 0 aliphatic heterocycles. The number of hydrogen-bond acceptors (Lipinski definition) is 5. The van der Waals surface area contributed by atoms with Gasteiger partial charge in [-0.2, -0.15) is 0 Å². The lowest BCUT2D eigenvalue weighted by molar-refractivity contribution is 0.414. The maximum Gasteiger partial charge on any atom is 0.261 e. The first kappa shape index (κ1) is 18.7. The molecule has 1 N–H and O–H groups in total. The van der Waals surface area contributed by atoms with Gasteiger partial charge in [0.2, 0.25) is 0 Å². The summed E-state index contributed by atoms with van der Waals surface area (Å²) < 4.78 is 32.5. The molecule has 0 unspecified atom stereocenters. The number of rotatable bonds is 7. The van der Waals surface area contributed by atoms with Crippen LogP contribution in [-0.2, 0) is 16.6 Å². The van der Waals surface area contributed by atoms with Crippen LogP contribution in [0.15, 0.2) is 77.8 Å². The van der Waals surface area contributed by atoms with Gasteiger partial charge in [0.25, 0.3) is 10.0 Å². The van der Waals surface area contributed by atoms with E-state index in [0.717, 1.165) is 5.82 Å². The summed E-state index contributed by atoms with van der Waals surface area (Å²) in [7, 11) is -0.207. The summed E-state index contributed by atoms with van der Waals surface area (Å²) in [5.41, 5.74) is 1.58. The smallest absolute Gasteiger partial charge is 0.261 e. The highest BCUT2D eigenvalue weighted by molar-refractivity contribution is 7.92. The highest BCUT2D eigenvalue weighted by Gasteiger charge is 2.14. The van der Waals surface area contributed by atoms with Gasteiger partial charge in [0, 0.05) is 13.6 Å². The van der Waals surface area contributed by atoms with Crippen molar-refractivity contribution in [1.29, 1.82) is 0 Å². The fraction of sp³-hybridized carbons (Fsp3) is 0.150. The van der Waals surface area contributed by atoms with E-state index in [2.05, 4.69) is 9.71 Å². The molecule has 0 aliphatic rings. The molecule has 3 rings (SSSR count). The number of anilines is 2. The maximum absolute atomic E-state index is 12.5. The average Bonchev–Trinajstić information content (AvgIpc) is 2.69. The van der Waals surface area contributed by atoms with E-state index in [4.69, 9.17) is 4.74 Å². The number of methoxy groups -OCH3 is 1. The average molecular weight is 383 g/mol. The van der Waals surface area contributed by atoms with Crippen molar-refractivity contribution >= 4 is 21.5 Å². The minimum Gasteiger partial charge on any atom is -0.497 e. The van der Waals surface area contributed by atoms with E-state index < -0.39 is 10.0 Å². The summed E-state index contributed by atoms with van der Waals surface area (Å²) in [4.78, 5) is 6.52. The molecule has 0 saturated heterocycles. The third-order valence-electron chi connectivity index (χ3n) is 4.02. The summed E-state index contributed by atoms with van der Waals surface area (Å²) in [5, 5.41) is 0. The molecule has 0 saturated carbocycles. The van der Waals surface area contributed by atoms with Crippen LogP contribution >= 0.6 is 0 Å². The third-order valence-corrected chi connectivity index (χ3v) is 5.42. The van der Waals surface area contributed by atoms with Crippen molar-refractivity contribution < 1.29 is 13.2 Å². The SMILES string of the molecule is COc1ccc(S(=O)(=O)Nc2ccc(N(C)Cc3ccccc3)nc2)cc1. The molecule has 1 aromatic heterocycles. The van der Waals surface area contributed by atoms with Crippen LogP contribution < -0.4 is 14.4 Å². The Morgan fingerprint density at radius 3 is 2.30 bits per heavy atom. The second-order valence-electron chi connectivity index (χ2n) is 6.03. The van der Waals surface area contributed by atoms with Crippen molar-refractivity contribution in [3.05, 3.63) is 78.5 Å². The van der Waals surface area contributed by atoms with Crippen molar-refractivity contribution in [2.24, 2.45) is 0 Å². The van der Waals surface area contributed by atoms with Gasteiger partial charge < -0.3 is 9.64 Å². The van der Waals surface area contributed by atoms with Crippen LogP contribution in [0.5, 0.6) is 5.75 Å². The Kier molecular flexibility index (Phi) is 5.61. The molecule has 0 aliphatic carbocycles. The zero-order valence-electron chi connectivity index (χ0n) is 15.2. The second-order valence-corrected chi connectivity index (χ2v) is 7.71. The van der Waals surface area contributed by atoms with Crippen LogP contribution in [0.1, 0.15) is 5.56 Å². The highest BCUT2D eigenvalue weighted by Crippen LogP contribution is 2.20. The van der Waals surface area contributed by atoms with Crippen molar-refractivity contribution in [2.45, 2.75) is 11.4 Å². The van der Waals surface area contributed by atoms with Crippen LogP contribution in [0, 0.1) is 0 Å². The van der Waals surface area contributed by atoms with Gasteiger partial charge in [-0.1, -0.05) is 30.3 Å².